The molecule has 0 fully saturated rings. The molecule has 0 atom stereocenters. The van der Waals surface area contributed by atoms with Gasteiger partial charge in [-0.15, -0.1) is 0 Å². The van der Waals surface area contributed by atoms with Crippen molar-refractivity contribution in [1.29, 1.82) is 0 Å². The summed E-state index contributed by atoms with van der Waals surface area (Å²) < 4.78 is 5.12. The van der Waals surface area contributed by atoms with Crippen LogP contribution in [-0.2, 0) is 9.53 Å². The quantitative estimate of drug-likeness (QED) is 0.820. The Kier molecular flexibility index (Phi) is 7.43. The Hall–Kier alpha value is -1.84. The average molecular weight is 237 g/mol. The average Bonchev–Trinajstić information content (AvgIpc) is 2.37. The summed E-state index contributed by atoms with van der Waals surface area (Å²) in [6.45, 7) is 5.54. The first-order valence-electron chi connectivity index (χ1n) is 5.55. The Morgan fingerprint density at radius 1 is 1.53 bits per heavy atom. The molecule has 1 N–H and O–H groups in total. The van der Waals surface area contributed by atoms with E-state index in [1.54, 1.807) is 19.2 Å². The molecule has 0 radical (unpaired) electrons. The second-order valence-electron chi connectivity index (χ2n) is 2.89. The molecule has 17 heavy (non-hydrogen) atoms. The number of allylic oxidation sites excluding steroid dienone is 5. The van der Waals surface area contributed by atoms with Crippen molar-refractivity contribution in [1.82, 2.24) is 0 Å². The molecule has 1 rings (SSSR count). The zero-order valence-electron chi connectivity index (χ0n) is 10.7. The van der Waals surface area contributed by atoms with Gasteiger partial charge in [0.05, 0.1) is 0 Å². The van der Waals surface area contributed by atoms with Crippen LogP contribution in [-0.4, -0.2) is 30.4 Å². The van der Waals surface area contributed by atoms with E-state index in [2.05, 4.69) is 4.99 Å². The van der Waals surface area contributed by atoms with E-state index in [1.165, 1.54) is 0 Å². The van der Waals surface area contributed by atoms with Crippen LogP contribution in [0.4, 0.5) is 0 Å². The lowest BCUT2D eigenvalue weighted by molar-refractivity contribution is -0.140. The molecule has 4 heteroatoms. The van der Waals surface area contributed by atoms with Gasteiger partial charge in [0.1, 0.15) is 11.5 Å². The van der Waals surface area contributed by atoms with Crippen LogP contribution in [0.3, 0.4) is 0 Å². The topological polar surface area (TPSA) is 58.9 Å². The van der Waals surface area contributed by atoms with Crippen molar-refractivity contribution in [3.05, 3.63) is 35.6 Å². The maximum absolute atomic E-state index is 10.4. The predicted octanol–water partition coefficient (Wildman–Crippen LogP) is 2.58. The highest BCUT2D eigenvalue weighted by Crippen LogP contribution is 2.16. The van der Waals surface area contributed by atoms with Crippen molar-refractivity contribution in [2.45, 2.75) is 20.8 Å². The van der Waals surface area contributed by atoms with Gasteiger partial charge < -0.3 is 9.84 Å². The van der Waals surface area contributed by atoms with Crippen LogP contribution in [0.2, 0.25) is 0 Å². The number of aliphatic imine (C=N–C) groups is 1. The van der Waals surface area contributed by atoms with Gasteiger partial charge in [-0.2, -0.15) is 0 Å². The van der Waals surface area contributed by atoms with E-state index < -0.39 is 5.97 Å². The fourth-order valence-electron chi connectivity index (χ4n) is 1.27. The summed E-state index contributed by atoms with van der Waals surface area (Å²) in [5.74, 6) is -0.501. The number of rotatable bonds is 3. The van der Waals surface area contributed by atoms with Gasteiger partial charge in [-0.3, -0.25) is 4.99 Å². The van der Waals surface area contributed by atoms with Crippen LogP contribution in [0.25, 0.3) is 0 Å². The molecule has 0 saturated heterocycles. The van der Waals surface area contributed by atoms with E-state index >= 15 is 0 Å². The minimum absolute atomic E-state index is 0.352. The molecular formula is C13H19NO3. The number of nitrogens with zero attached hydrogens (tertiary/aromatic N) is 1. The maximum atomic E-state index is 10.4. The monoisotopic (exact) mass is 237 g/mol. The number of aliphatic carboxylic acids is 1. The Morgan fingerprint density at radius 3 is 2.65 bits per heavy atom. The largest absolute Gasteiger partial charge is 0.480 e. The molecule has 0 unspecified atom stereocenters. The van der Waals surface area contributed by atoms with Gasteiger partial charge in [-0.25, -0.2) is 4.79 Å². The molecule has 0 spiro atoms. The standard InChI is InChI=1S/C11H13NO3.C2H6/c1-3-8-5-4-6-9(11(8)12-2)15-7-10(13)14;1-2/h3-6H,7H2,1-2H3,(H,13,14);1-2H3/b8-3-,12-11?;. The highest BCUT2D eigenvalue weighted by Gasteiger charge is 2.14. The van der Waals surface area contributed by atoms with Crippen LogP contribution < -0.4 is 0 Å². The van der Waals surface area contributed by atoms with E-state index in [9.17, 15) is 4.79 Å². The van der Waals surface area contributed by atoms with Crippen LogP contribution in [0.1, 0.15) is 20.8 Å². The van der Waals surface area contributed by atoms with Gasteiger partial charge in [0.2, 0.25) is 0 Å². The summed E-state index contributed by atoms with van der Waals surface area (Å²) in [7, 11) is 1.65. The van der Waals surface area contributed by atoms with Crippen molar-refractivity contribution in [2.75, 3.05) is 13.7 Å². The first kappa shape index (κ1) is 15.2. The molecule has 0 aromatic rings. The molecule has 0 aromatic carbocycles. The summed E-state index contributed by atoms with van der Waals surface area (Å²) in [4.78, 5) is 14.4. The van der Waals surface area contributed by atoms with Crippen LogP contribution in [0.15, 0.2) is 40.6 Å². The molecule has 0 heterocycles. The third kappa shape index (κ3) is 4.68. The Bertz CT molecular complexity index is 376. The summed E-state index contributed by atoms with van der Waals surface area (Å²) in [5, 5.41) is 8.50. The lowest BCUT2D eigenvalue weighted by Crippen LogP contribution is -2.15. The molecular weight excluding hydrogens is 218 g/mol. The summed E-state index contributed by atoms with van der Waals surface area (Å²) in [5.41, 5.74) is 1.61. The number of carbonyl (C=O) groups is 1. The molecule has 94 valence electrons. The molecule has 0 aromatic heterocycles. The lowest BCUT2D eigenvalue weighted by Gasteiger charge is -2.14. The SMILES string of the molecule is C/C=C1/C=CC=C(OCC(=O)O)C1=NC.CC. The van der Waals surface area contributed by atoms with Crippen molar-refractivity contribution in [3.63, 3.8) is 0 Å². The van der Waals surface area contributed by atoms with Crippen molar-refractivity contribution in [3.8, 4) is 0 Å². The maximum Gasteiger partial charge on any atom is 0.341 e. The number of carboxylic acid groups (broad SMARTS) is 1. The van der Waals surface area contributed by atoms with Gasteiger partial charge >= 0.3 is 5.97 Å². The smallest absolute Gasteiger partial charge is 0.341 e. The lowest BCUT2D eigenvalue weighted by atomic mass is 10.0. The number of hydrogen-bond acceptors (Lipinski definition) is 3. The minimum atomic E-state index is -0.997. The van der Waals surface area contributed by atoms with E-state index in [-0.39, 0.29) is 6.61 Å². The van der Waals surface area contributed by atoms with E-state index in [0.29, 0.717) is 11.5 Å². The minimum Gasteiger partial charge on any atom is -0.480 e. The van der Waals surface area contributed by atoms with Crippen LogP contribution in [0, 0.1) is 0 Å². The summed E-state index contributed by atoms with van der Waals surface area (Å²) in [6.07, 6.45) is 7.31. The number of carboxylic acids is 1. The predicted molar refractivity (Wildman–Crippen MR) is 69.3 cm³/mol. The second kappa shape index (κ2) is 8.33. The number of hydrogen-bond donors (Lipinski definition) is 1. The number of ether oxygens (including phenoxy) is 1. The fraction of sp³-hybridized carbons (Fsp3) is 0.385. The third-order valence-corrected chi connectivity index (χ3v) is 1.92. The molecule has 0 saturated carbocycles. The first-order valence-corrected chi connectivity index (χ1v) is 5.55. The van der Waals surface area contributed by atoms with E-state index in [1.807, 2.05) is 32.9 Å². The van der Waals surface area contributed by atoms with Crippen LogP contribution >= 0.6 is 0 Å². The molecule has 0 bridgehead atoms. The Labute approximate surface area is 102 Å². The van der Waals surface area contributed by atoms with Crippen molar-refractivity contribution >= 4 is 11.7 Å². The first-order chi connectivity index (χ1) is 8.19. The van der Waals surface area contributed by atoms with Gasteiger partial charge in [-0.1, -0.05) is 32.1 Å². The normalized spacial score (nSPS) is 18.5. The highest BCUT2D eigenvalue weighted by molar-refractivity contribution is 6.14. The van der Waals surface area contributed by atoms with Gasteiger partial charge in [0.15, 0.2) is 6.61 Å². The molecule has 1 aliphatic carbocycles. The van der Waals surface area contributed by atoms with Crippen molar-refractivity contribution < 1.29 is 14.6 Å². The summed E-state index contributed by atoms with van der Waals surface area (Å²) >= 11 is 0. The fourth-order valence-corrected chi connectivity index (χ4v) is 1.27. The third-order valence-electron chi connectivity index (χ3n) is 1.92. The molecule has 4 nitrogen and oxygen atoms in total. The van der Waals surface area contributed by atoms with E-state index in [4.69, 9.17) is 9.84 Å². The zero-order chi connectivity index (χ0) is 13.3. The Morgan fingerprint density at radius 2 is 2.18 bits per heavy atom. The van der Waals surface area contributed by atoms with Crippen molar-refractivity contribution in [2.24, 2.45) is 4.99 Å². The Balaban J connectivity index is 0.00000121. The highest BCUT2D eigenvalue weighted by atomic mass is 16.5. The zero-order valence-corrected chi connectivity index (χ0v) is 10.7. The summed E-state index contributed by atoms with van der Waals surface area (Å²) in [6, 6.07) is 0. The van der Waals surface area contributed by atoms with Gasteiger partial charge in [0.25, 0.3) is 0 Å². The molecule has 0 amide bonds. The van der Waals surface area contributed by atoms with Gasteiger partial charge in [-0.05, 0) is 18.6 Å². The van der Waals surface area contributed by atoms with Crippen LogP contribution in [0.5, 0.6) is 0 Å². The second-order valence-corrected chi connectivity index (χ2v) is 2.89. The van der Waals surface area contributed by atoms with Gasteiger partial charge in [0, 0.05) is 7.05 Å². The molecule has 1 aliphatic rings. The molecule has 0 aliphatic heterocycles. The van der Waals surface area contributed by atoms with E-state index in [0.717, 1.165) is 5.57 Å².